The fourth-order valence-corrected chi connectivity index (χ4v) is 3.83. The first-order valence-corrected chi connectivity index (χ1v) is 9.24. The molecule has 1 saturated carbocycles. The lowest BCUT2D eigenvalue weighted by Crippen LogP contribution is -2.39. The third kappa shape index (κ3) is 4.41. The van der Waals surface area contributed by atoms with E-state index in [4.69, 9.17) is 0 Å². The van der Waals surface area contributed by atoms with Gasteiger partial charge in [0.15, 0.2) is 0 Å². The second-order valence-electron chi connectivity index (χ2n) is 7.19. The minimum absolute atomic E-state index is 0.0326. The first-order chi connectivity index (χ1) is 12.2. The number of carbonyl (C=O) groups is 1. The normalized spacial score (nSPS) is 17.6. The summed E-state index contributed by atoms with van der Waals surface area (Å²) in [4.78, 5) is 15.7. The molecule has 0 saturated heterocycles. The number of carbonyl (C=O) groups excluding carboxylic acids is 1. The monoisotopic (exact) mass is 341 g/mol. The van der Waals surface area contributed by atoms with Crippen molar-refractivity contribution in [1.82, 2.24) is 10.3 Å². The van der Waals surface area contributed by atoms with Gasteiger partial charge in [-0.2, -0.15) is 0 Å². The van der Waals surface area contributed by atoms with Gasteiger partial charge in [0.1, 0.15) is 5.71 Å². The van der Waals surface area contributed by atoms with Crippen LogP contribution in [0.3, 0.4) is 0 Å². The van der Waals surface area contributed by atoms with Crippen LogP contribution in [0.4, 0.5) is 0 Å². The van der Waals surface area contributed by atoms with Crippen LogP contribution >= 0.6 is 0 Å². The zero-order valence-electron chi connectivity index (χ0n) is 14.8. The van der Waals surface area contributed by atoms with Crippen molar-refractivity contribution >= 4 is 22.5 Å². The standard InChI is InChI=1S/C20H27N3O2/c1-14(11-16-13-21-18-10-6-5-9-17(16)18)22-20(24)19(23-25)12-15-7-3-2-4-8-15/h5-6,9-10,13-15,21,25H,2-4,7-8,11-12H2,1H3,(H,22,24)/b23-19+. The van der Waals surface area contributed by atoms with Crippen LogP contribution in [0.5, 0.6) is 0 Å². The van der Waals surface area contributed by atoms with Crippen LogP contribution in [0.2, 0.25) is 0 Å². The van der Waals surface area contributed by atoms with Crippen molar-refractivity contribution in [1.29, 1.82) is 0 Å². The predicted molar refractivity (Wildman–Crippen MR) is 100 cm³/mol. The van der Waals surface area contributed by atoms with Gasteiger partial charge in [0, 0.05) is 29.6 Å². The van der Waals surface area contributed by atoms with Gasteiger partial charge < -0.3 is 15.5 Å². The molecular formula is C20H27N3O2. The van der Waals surface area contributed by atoms with Gasteiger partial charge in [0.2, 0.25) is 0 Å². The van der Waals surface area contributed by atoms with Crippen LogP contribution in [0, 0.1) is 5.92 Å². The van der Waals surface area contributed by atoms with E-state index in [1.54, 1.807) is 0 Å². The van der Waals surface area contributed by atoms with Crippen LogP contribution in [0.15, 0.2) is 35.6 Å². The molecule has 0 aliphatic heterocycles. The van der Waals surface area contributed by atoms with Crippen molar-refractivity contribution in [2.24, 2.45) is 11.1 Å². The number of nitrogens with one attached hydrogen (secondary N) is 2. The average Bonchev–Trinajstić information content (AvgIpc) is 3.03. The highest BCUT2D eigenvalue weighted by molar-refractivity contribution is 6.38. The van der Waals surface area contributed by atoms with Gasteiger partial charge in [-0.05, 0) is 30.9 Å². The van der Waals surface area contributed by atoms with E-state index in [1.165, 1.54) is 30.2 Å². The largest absolute Gasteiger partial charge is 0.410 e. The Kier molecular flexibility index (Phi) is 5.74. The lowest BCUT2D eigenvalue weighted by Gasteiger charge is -2.22. The highest BCUT2D eigenvalue weighted by Crippen LogP contribution is 2.26. The fraction of sp³-hybridized carbons (Fsp3) is 0.500. The maximum Gasteiger partial charge on any atom is 0.269 e. The number of H-pyrrole nitrogens is 1. The summed E-state index contributed by atoms with van der Waals surface area (Å²) < 4.78 is 0. The quantitative estimate of drug-likeness (QED) is 0.422. The Labute approximate surface area is 148 Å². The van der Waals surface area contributed by atoms with Crippen molar-refractivity contribution in [3.05, 3.63) is 36.0 Å². The van der Waals surface area contributed by atoms with Gasteiger partial charge in [0.05, 0.1) is 0 Å². The first kappa shape index (κ1) is 17.5. The third-order valence-electron chi connectivity index (χ3n) is 5.17. The SMILES string of the molecule is CC(Cc1c[nH]c2ccccc12)NC(=O)/C(CC1CCCCC1)=N/O. The molecule has 5 heteroatoms. The molecular weight excluding hydrogens is 314 g/mol. The number of benzene rings is 1. The van der Waals surface area contributed by atoms with Crippen molar-refractivity contribution in [3.63, 3.8) is 0 Å². The summed E-state index contributed by atoms with van der Waals surface area (Å²) in [6.07, 6.45) is 9.24. The predicted octanol–water partition coefficient (Wildman–Crippen LogP) is 4.02. The number of amides is 1. The number of hydrogen-bond acceptors (Lipinski definition) is 3. The molecule has 5 nitrogen and oxygen atoms in total. The van der Waals surface area contributed by atoms with Gasteiger partial charge in [-0.25, -0.2) is 0 Å². The molecule has 1 fully saturated rings. The summed E-state index contributed by atoms with van der Waals surface area (Å²) in [7, 11) is 0. The second kappa shape index (κ2) is 8.19. The van der Waals surface area contributed by atoms with Crippen molar-refractivity contribution < 1.29 is 10.0 Å². The summed E-state index contributed by atoms with van der Waals surface area (Å²) in [5.74, 6) is 0.217. The van der Waals surface area contributed by atoms with Crippen molar-refractivity contribution in [2.75, 3.05) is 0 Å². The molecule has 1 aliphatic carbocycles. The molecule has 1 atom stereocenters. The molecule has 3 N–H and O–H groups in total. The maximum atomic E-state index is 12.4. The average molecular weight is 341 g/mol. The highest BCUT2D eigenvalue weighted by Gasteiger charge is 2.22. The molecule has 25 heavy (non-hydrogen) atoms. The zero-order chi connectivity index (χ0) is 17.6. The smallest absolute Gasteiger partial charge is 0.269 e. The van der Waals surface area contributed by atoms with E-state index >= 15 is 0 Å². The molecule has 134 valence electrons. The van der Waals surface area contributed by atoms with E-state index in [9.17, 15) is 10.0 Å². The number of aromatic amines is 1. The number of hydrogen-bond donors (Lipinski definition) is 3. The van der Waals surface area contributed by atoms with Gasteiger partial charge in [-0.3, -0.25) is 4.79 Å². The van der Waals surface area contributed by atoms with Gasteiger partial charge in [-0.15, -0.1) is 0 Å². The molecule has 1 aromatic heterocycles. The maximum absolute atomic E-state index is 12.4. The number of para-hydroxylation sites is 1. The van der Waals surface area contributed by atoms with E-state index in [-0.39, 0.29) is 17.7 Å². The van der Waals surface area contributed by atoms with Crippen LogP contribution in [0.1, 0.15) is 51.0 Å². The number of oxime groups is 1. The molecule has 1 aromatic carbocycles. The van der Waals surface area contributed by atoms with E-state index in [0.717, 1.165) is 24.8 Å². The summed E-state index contributed by atoms with van der Waals surface area (Å²) in [5.41, 5.74) is 2.54. The van der Waals surface area contributed by atoms with Gasteiger partial charge in [-0.1, -0.05) is 55.5 Å². The molecule has 0 radical (unpaired) electrons. The third-order valence-corrected chi connectivity index (χ3v) is 5.17. The fourth-order valence-electron chi connectivity index (χ4n) is 3.83. The summed E-state index contributed by atoms with van der Waals surface area (Å²) in [6, 6.07) is 8.12. The Hall–Kier alpha value is -2.30. The zero-order valence-corrected chi connectivity index (χ0v) is 14.8. The van der Waals surface area contributed by atoms with Crippen LogP contribution in [-0.4, -0.2) is 27.9 Å². The Bertz CT molecular complexity index is 744. The summed E-state index contributed by atoms with van der Waals surface area (Å²) in [6.45, 7) is 1.98. The number of aromatic nitrogens is 1. The van der Waals surface area contributed by atoms with E-state index in [2.05, 4.69) is 21.5 Å². The van der Waals surface area contributed by atoms with Gasteiger partial charge in [0.25, 0.3) is 5.91 Å². The van der Waals surface area contributed by atoms with Crippen LogP contribution in [0.25, 0.3) is 10.9 Å². The molecule has 1 aliphatic rings. The van der Waals surface area contributed by atoms with Gasteiger partial charge >= 0.3 is 0 Å². The number of fused-ring (bicyclic) bond motifs is 1. The molecule has 1 amide bonds. The Morgan fingerprint density at radius 3 is 2.84 bits per heavy atom. The number of rotatable bonds is 6. The van der Waals surface area contributed by atoms with E-state index in [1.807, 2.05) is 31.3 Å². The van der Waals surface area contributed by atoms with Crippen molar-refractivity contribution in [3.8, 4) is 0 Å². The van der Waals surface area contributed by atoms with Crippen molar-refractivity contribution in [2.45, 2.75) is 57.9 Å². The second-order valence-corrected chi connectivity index (χ2v) is 7.19. The molecule has 2 aromatic rings. The highest BCUT2D eigenvalue weighted by atomic mass is 16.4. The Morgan fingerprint density at radius 2 is 2.08 bits per heavy atom. The summed E-state index contributed by atoms with van der Waals surface area (Å²) >= 11 is 0. The Balaban J connectivity index is 1.57. The lowest BCUT2D eigenvalue weighted by atomic mass is 9.85. The lowest BCUT2D eigenvalue weighted by molar-refractivity contribution is -0.115. The number of nitrogens with zero attached hydrogens (tertiary/aromatic N) is 1. The minimum atomic E-state index is -0.250. The first-order valence-electron chi connectivity index (χ1n) is 9.24. The molecule has 1 unspecified atom stereocenters. The molecule has 1 heterocycles. The van der Waals surface area contributed by atoms with Crippen LogP contribution in [-0.2, 0) is 11.2 Å². The minimum Gasteiger partial charge on any atom is -0.410 e. The van der Waals surface area contributed by atoms with Crippen LogP contribution < -0.4 is 5.32 Å². The molecule has 0 spiro atoms. The molecule has 3 rings (SSSR count). The Morgan fingerprint density at radius 1 is 1.32 bits per heavy atom. The van der Waals surface area contributed by atoms with E-state index in [0.29, 0.717) is 12.3 Å². The van der Waals surface area contributed by atoms with E-state index < -0.39 is 0 Å². The molecule has 0 bridgehead atoms. The summed E-state index contributed by atoms with van der Waals surface area (Å²) in [5, 5.41) is 16.7. The topological polar surface area (TPSA) is 77.5 Å².